The molecule has 0 bridgehead atoms. The van der Waals surface area contributed by atoms with Gasteiger partial charge in [0.05, 0.1) is 0 Å². The molecular weight excluding hydrogens is 146 g/mol. The fourth-order valence-corrected chi connectivity index (χ4v) is 0. The molecule has 0 saturated heterocycles. The summed E-state index contributed by atoms with van der Waals surface area (Å²) < 4.78 is 39.0. The minimum absolute atomic E-state index is 0. The van der Waals surface area contributed by atoms with Gasteiger partial charge in [-0.25, -0.2) is 0 Å². The van der Waals surface area contributed by atoms with Gasteiger partial charge in [-0.15, -0.1) is 0 Å². The Morgan fingerprint density at radius 2 is 0.833 bits per heavy atom. The molecule has 0 N–H and O–H groups in total. The molecule has 0 unspecified atom stereocenters. The van der Waals surface area contributed by atoms with E-state index >= 15 is 0 Å². The van der Waals surface area contributed by atoms with Crippen molar-refractivity contribution in [2.24, 2.45) is 0 Å². The standard InChI is InChI=1S/BF4.Co/c2-1(3,4)5;/q-1;+2. The van der Waals surface area contributed by atoms with Crippen LogP contribution in [0.2, 0.25) is 0 Å². The van der Waals surface area contributed by atoms with Crippen molar-refractivity contribution in [2.45, 2.75) is 0 Å². The second-order valence-electron chi connectivity index (χ2n) is 0.495. The topological polar surface area (TPSA) is 0 Å². The average molecular weight is 146 g/mol. The molecule has 0 aliphatic heterocycles. The van der Waals surface area contributed by atoms with Crippen LogP contribution in [0.4, 0.5) is 17.3 Å². The molecule has 0 aromatic rings. The maximum Gasteiger partial charge on any atom is 2.00 e. The van der Waals surface area contributed by atoms with Crippen molar-refractivity contribution in [1.29, 1.82) is 0 Å². The van der Waals surface area contributed by atoms with E-state index in [9.17, 15) is 17.3 Å². The van der Waals surface area contributed by atoms with Crippen molar-refractivity contribution in [1.82, 2.24) is 0 Å². The van der Waals surface area contributed by atoms with Crippen molar-refractivity contribution >= 4 is 7.25 Å². The van der Waals surface area contributed by atoms with E-state index in [0.29, 0.717) is 0 Å². The second kappa shape index (κ2) is 2.46. The minimum Gasteiger partial charge on any atom is -0.418 e. The summed E-state index contributed by atoms with van der Waals surface area (Å²) in [5.74, 6) is 0. The molecule has 0 aromatic heterocycles. The van der Waals surface area contributed by atoms with Gasteiger partial charge in [0.1, 0.15) is 0 Å². The van der Waals surface area contributed by atoms with Gasteiger partial charge in [-0.2, -0.15) is 0 Å². The molecule has 0 fully saturated rings. The minimum atomic E-state index is -6.00. The second-order valence-corrected chi connectivity index (χ2v) is 0.495. The third-order valence-electron chi connectivity index (χ3n) is 0. The normalized spacial score (nSPS) is 10.0. The third kappa shape index (κ3) is 547. The number of hydrogen-bond acceptors (Lipinski definition) is 0. The Morgan fingerprint density at radius 1 is 0.833 bits per heavy atom. The first-order chi connectivity index (χ1) is 2.00. The van der Waals surface area contributed by atoms with Gasteiger partial charge in [0.25, 0.3) is 0 Å². The molecule has 0 nitrogen and oxygen atoms in total. The molecule has 39 valence electrons. The number of hydrogen-bond donors (Lipinski definition) is 0. The average Bonchev–Trinajstić information content (AvgIpc) is 0.722. The first-order valence-electron chi connectivity index (χ1n) is 0.873. The van der Waals surface area contributed by atoms with Gasteiger partial charge in [0.15, 0.2) is 0 Å². The Bertz CT molecular complexity index is 23.0. The molecule has 0 amide bonds. The van der Waals surface area contributed by atoms with Crippen molar-refractivity contribution in [3.8, 4) is 0 Å². The van der Waals surface area contributed by atoms with Crippen LogP contribution in [0.25, 0.3) is 0 Å². The van der Waals surface area contributed by atoms with E-state index in [4.69, 9.17) is 0 Å². The fourth-order valence-electron chi connectivity index (χ4n) is 0. The Kier molecular flexibility index (Phi) is 3.92. The molecule has 0 saturated carbocycles. The van der Waals surface area contributed by atoms with Crippen LogP contribution in [0, 0.1) is 0 Å². The smallest absolute Gasteiger partial charge is 0.418 e. The summed E-state index contributed by atoms with van der Waals surface area (Å²) in [5.41, 5.74) is 0. The van der Waals surface area contributed by atoms with Crippen LogP contribution in [0.3, 0.4) is 0 Å². The zero-order chi connectivity index (χ0) is 4.50. The van der Waals surface area contributed by atoms with E-state index in [0.717, 1.165) is 0 Å². The van der Waals surface area contributed by atoms with E-state index in [1.165, 1.54) is 0 Å². The van der Waals surface area contributed by atoms with Crippen molar-refractivity contribution in [3.05, 3.63) is 0 Å². The van der Waals surface area contributed by atoms with Gasteiger partial charge in [-0.3, -0.25) is 0 Å². The summed E-state index contributed by atoms with van der Waals surface area (Å²) >= 11 is 0. The van der Waals surface area contributed by atoms with Gasteiger partial charge < -0.3 is 17.3 Å². The largest absolute Gasteiger partial charge is 2.00 e. The fraction of sp³-hybridized carbons (Fsp3) is 0. The molecule has 0 heterocycles. The Morgan fingerprint density at radius 3 is 0.833 bits per heavy atom. The molecule has 0 aliphatic carbocycles. The number of rotatable bonds is 0. The van der Waals surface area contributed by atoms with Gasteiger partial charge in [-0.05, 0) is 0 Å². The summed E-state index contributed by atoms with van der Waals surface area (Å²) in [6.45, 7) is 0. The zero-order valence-electron chi connectivity index (χ0n) is 2.42. The molecule has 6 heteroatoms. The van der Waals surface area contributed by atoms with Crippen LogP contribution in [0.1, 0.15) is 0 Å². The Hall–Kier alpha value is 0.291. The van der Waals surface area contributed by atoms with E-state index in [-0.39, 0.29) is 16.8 Å². The maximum atomic E-state index is 9.75. The van der Waals surface area contributed by atoms with Crippen LogP contribution in [0.15, 0.2) is 0 Å². The van der Waals surface area contributed by atoms with Crippen molar-refractivity contribution in [2.75, 3.05) is 0 Å². The molecule has 0 aliphatic rings. The molecule has 0 spiro atoms. The van der Waals surface area contributed by atoms with Crippen LogP contribution < -0.4 is 0 Å². The third-order valence-corrected chi connectivity index (χ3v) is 0. The summed E-state index contributed by atoms with van der Waals surface area (Å²) in [4.78, 5) is 0. The monoisotopic (exact) mass is 146 g/mol. The first-order valence-corrected chi connectivity index (χ1v) is 0.873. The quantitative estimate of drug-likeness (QED) is 0.356. The van der Waals surface area contributed by atoms with Gasteiger partial charge >= 0.3 is 24.0 Å². The molecule has 1 radical (unpaired) electrons. The van der Waals surface area contributed by atoms with E-state index in [2.05, 4.69) is 0 Å². The first kappa shape index (κ1) is 9.57. The Labute approximate surface area is 42.2 Å². The summed E-state index contributed by atoms with van der Waals surface area (Å²) in [5, 5.41) is 0. The van der Waals surface area contributed by atoms with E-state index in [1.807, 2.05) is 0 Å². The summed E-state index contributed by atoms with van der Waals surface area (Å²) in [6.07, 6.45) is 0. The van der Waals surface area contributed by atoms with Gasteiger partial charge in [0, 0.05) is 0 Å². The Balaban J connectivity index is 0. The van der Waals surface area contributed by atoms with Crippen LogP contribution in [0.5, 0.6) is 0 Å². The SMILES string of the molecule is F[B-](F)(F)F.[Co+2]. The van der Waals surface area contributed by atoms with E-state index in [1.54, 1.807) is 0 Å². The molecule has 0 aromatic carbocycles. The zero-order valence-corrected chi connectivity index (χ0v) is 3.46. The predicted octanol–water partition coefficient (Wildman–Crippen LogP) is 1.30. The van der Waals surface area contributed by atoms with Crippen LogP contribution >= 0.6 is 0 Å². The summed E-state index contributed by atoms with van der Waals surface area (Å²) in [7, 11) is -6.00. The van der Waals surface area contributed by atoms with Gasteiger partial charge in [-0.1, -0.05) is 0 Å². The molecular formula is BCoF4+. The summed E-state index contributed by atoms with van der Waals surface area (Å²) in [6, 6.07) is 0. The molecule has 0 atom stereocenters. The molecule has 0 rings (SSSR count). The van der Waals surface area contributed by atoms with Crippen molar-refractivity contribution < 1.29 is 34.0 Å². The maximum absolute atomic E-state index is 9.75. The molecule has 6 heavy (non-hydrogen) atoms. The van der Waals surface area contributed by atoms with Crippen LogP contribution in [-0.4, -0.2) is 7.25 Å². The van der Waals surface area contributed by atoms with Crippen LogP contribution in [-0.2, 0) is 16.8 Å². The van der Waals surface area contributed by atoms with Gasteiger partial charge in [0.2, 0.25) is 0 Å². The number of halogens is 4. The van der Waals surface area contributed by atoms with Crippen molar-refractivity contribution in [3.63, 3.8) is 0 Å². The van der Waals surface area contributed by atoms with E-state index < -0.39 is 7.25 Å². The predicted molar refractivity (Wildman–Crippen MR) is 10.2 cm³/mol.